The molecule has 0 spiro atoms. The Bertz CT molecular complexity index is 668. The minimum Gasteiger partial charge on any atom is -0.338 e. The number of piperazine rings is 1. The molecular weight excluding hydrogens is 363 g/mol. The molecule has 2 fully saturated rings. The van der Waals surface area contributed by atoms with Gasteiger partial charge >= 0.3 is 0 Å². The van der Waals surface area contributed by atoms with Gasteiger partial charge in [0.05, 0.1) is 31.9 Å². The smallest absolute Gasteiger partial charge is 0.277 e. The summed E-state index contributed by atoms with van der Waals surface area (Å²) in [4.78, 5) is 18.1. The number of likely N-dealkylation sites (tertiary alicyclic amines) is 1. The highest BCUT2D eigenvalue weighted by molar-refractivity contribution is 7.80. The Balaban J connectivity index is 1.45. The largest absolute Gasteiger partial charge is 0.338 e. The standard InChI is InChI=1S/C20H29FN4OS/c1-15-11-16(2)13-25(12-15)19(26)14-23-7-9-24(10-8-23)20(27)22-18-6-4-3-5-17(18)21/h3-6,15-16H,7-14H2,1-2H3,(H,22,27)/p+1/t15-,16-/m0/s1. The van der Waals surface area contributed by atoms with Crippen LogP contribution in [0.25, 0.3) is 0 Å². The van der Waals surface area contributed by atoms with Crippen LogP contribution in [0.5, 0.6) is 0 Å². The molecular formula is C20H30FN4OS+. The molecule has 7 heteroatoms. The van der Waals surface area contributed by atoms with Gasteiger partial charge in [-0.1, -0.05) is 26.0 Å². The number of amides is 1. The first kappa shape index (κ1) is 20.0. The maximum atomic E-state index is 13.8. The van der Waals surface area contributed by atoms with Crippen molar-refractivity contribution in [3.63, 3.8) is 0 Å². The van der Waals surface area contributed by atoms with E-state index in [0.717, 1.165) is 39.3 Å². The molecule has 27 heavy (non-hydrogen) atoms. The Morgan fingerprint density at radius 2 is 1.81 bits per heavy atom. The van der Waals surface area contributed by atoms with Gasteiger partial charge in [0.15, 0.2) is 11.7 Å². The van der Waals surface area contributed by atoms with E-state index in [2.05, 4.69) is 24.1 Å². The number of thiocarbonyl (C=S) groups is 1. The van der Waals surface area contributed by atoms with Gasteiger partial charge in [0, 0.05) is 13.1 Å². The number of hydrogen-bond acceptors (Lipinski definition) is 2. The molecule has 2 atom stereocenters. The summed E-state index contributed by atoms with van der Waals surface area (Å²) in [5.74, 6) is 1.14. The lowest BCUT2D eigenvalue weighted by atomic mass is 9.92. The molecule has 0 bridgehead atoms. The highest BCUT2D eigenvalue weighted by Gasteiger charge is 2.29. The summed E-state index contributed by atoms with van der Waals surface area (Å²) in [6, 6.07) is 6.54. The number of rotatable bonds is 3. The lowest BCUT2D eigenvalue weighted by Gasteiger charge is -2.37. The summed E-state index contributed by atoms with van der Waals surface area (Å²) in [7, 11) is 0. The molecule has 0 aliphatic carbocycles. The van der Waals surface area contributed by atoms with Crippen molar-refractivity contribution >= 4 is 28.9 Å². The maximum absolute atomic E-state index is 13.8. The number of nitrogens with zero attached hydrogens (tertiary/aromatic N) is 2. The van der Waals surface area contributed by atoms with E-state index in [-0.39, 0.29) is 11.7 Å². The molecule has 2 N–H and O–H groups in total. The van der Waals surface area contributed by atoms with Gasteiger partial charge in [0.2, 0.25) is 0 Å². The fraction of sp³-hybridized carbons (Fsp3) is 0.600. The van der Waals surface area contributed by atoms with Crippen molar-refractivity contribution in [2.75, 3.05) is 51.1 Å². The van der Waals surface area contributed by atoms with Gasteiger partial charge in [-0.15, -0.1) is 0 Å². The Labute approximate surface area is 166 Å². The number of para-hydroxylation sites is 1. The van der Waals surface area contributed by atoms with Crippen molar-refractivity contribution in [3.05, 3.63) is 30.1 Å². The van der Waals surface area contributed by atoms with E-state index in [4.69, 9.17) is 12.2 Å². The zero-order chi connectivity index (χ0) is 19.4. The number of halogens is 1. The molecule has 3 rings (SSSR count). The fourth-order valence-corrected chi connectivity index (χ4v) is 4.44. The van der Waals surface area contributed by atoms with E-state index >= 15 is 0 Å². The van der Waals surface area contributed by atoms with Crippen molar-refractivity contribution in [2.45, 2.75) is 20.3 Å². The number of nitrogens with one attached hydrogen (secondary N) is 2. The Morgan fingerprint density at radius 1 is 1.19 bits per heavy atom. The highest BCUT2D eigenvalue weighted by Crippen LogP contribution is 2.20. The first-order valence-electron chi connectivity index (χ1n) is 9.84. The van der Waals surface area contributed by atoms with Crippen molar-refractivity contribution in [2.24, 2.45) is 11.8 Å². The predicted molar refractivity (Wildman–Crippen MR) is 109 cm³/mol. The Morgan fingerprint density at radius 3 is 2.44 bits per heavy atom. The number of anilines is 1. The quantitative estimate of drug-likeness (QED) is 0.758. The van der Waals surface area contributed by atoms with Crippen LogP contribution in [0.1, 0.15) is 20.3 Å². The molecule has 1 aromatic rings. The van der Waals surface area contributed by atoms with Crippen LogP contribution in [0.3, 0.4) is 0 Å². The molecule has 0 unspecified atom stereocenters. The topological polar surface area (TPSA) is 40.0 Å². The fourth-order valence-electron chi connectivity index (χ4n) is 4.15. The van der Waals surface area contributed by atoms with Crippen molar-refractivity contribution < 1.29 is 14.1 Å². The number of benzene rings is 1. The van der Waals surface area contributed by atoms with Gasteiger partial charge in [-0.3, -0.25) is 4.79 Å². The van der Waals surface area contributed by atoms with Crippen molar-refractivity contribution in [3.8, 4) is 0 Å². The van der Waals surface area contributed by atoms with Gasteiger partial charge in [-0.2, -0.15) is 0 Å². The summed E-state index contributed by atoms with van der Waals surface area (Å²) in [6.07, 6.45) is 1.21. The van der Waals surface area contributed by atoms with E-state index in [0.29, 0.717) is 29.2 Å². The second-order valence-electron chi connectivity index (χ2n) is 8.07. The summed E-state index contributed by atoms with van der Waals surface area (Å²) in [6.45, 7) is 10.1. The van der Waals surface area contributed by atoms with Gasteiger partial charge in [0.25, 0.3) is 5.91 Å². The van der Waals surface area contributed by atoms with Gasteiger partial charge < -0.3 is 20.0 Å². The predicted octanol–water partition coefficient (Wildman–Crippen LogP) is 1.23. The number of quaternary nitrogens is 1. The van der Waals surface area contributed by atoms with Crippen molar-refractivity contribution in [1.29, 1.82) is 0 Å². The van der Waals surface area contributed by atoms with Crippen molar-refractivity contribution in [1.82, 2.24) is 9.80 Å². The zero-order valence-corrected chi connectivity index (χ0v) is 17.0. The second kappa shape index (κ2) is 8.97. The lowest BCUT2D eigenvalue weighted by molar-refractivity contribution is -0.896. The number of carbonyl (C=O) groups is 1. The first-order chi connectivity index (χ1) is 12.9. The molecule has 2 aliphatic heterocycles. The third kappa shape index (κ3) is 5.39. The monoisotopic (exact) mass is 393 g/mol. The van der Waals surface area contributed by atoms with Gasteiger partial charge in [0.1, 0.15) is 5.82 Å². The third-order valence-corrected chi connectivity index (χ3v) is 5.86. The van der Waals surface area contributed by atoms with E-state index in [1.807, 2.05) is 4.90 Å². The summed E-state index contributed by atoms with van der Waals surface area (Å²) in [5.41, 5.74) is 0.404. The Kier molecular flexibility index (Phi) is 6.65. The number of piperidine rings is 1. The normalized spacial score (nSPS) is 24.0. The number of hydrogen-bond donors (Lipinski definition) is 2. The summed E-state index contributed by atoms with van der Waals surface area (Å²) >= 11 is 5.43. The molecule has 5 nitrogen and oxygen atoms in total. The molecule has 2 saturated heterocycles. The average molecular weight is 394 g/mol. The lowest BCUT2D eigenvalue weighted by Crippen LogP contribution is -3.15. The van der Waals surface area contributed by atoms with Crippen LogP contribution in [0.4, 0.5) is 10.1 Å². The molecule has 0 aromatic heterocycles. The number of carbonyl (C=O) groups excluding carboxylic acids is 1. The molecule has 2 aliphatic rings. The molecule has 1 amide bonds. The minimum absolute atomic E-state index is 0.268. The summed E-state index contributed by atoms with van der Waals surface area (Å²) in [5, 5.41) is 3.54. The van der Waals surface area contributed by atoms with E-state index in [9.17, 15) is 9.18 Å². The average Bonchev–Trinajstić information content (AvgIpc) is 2.63. The zero-order valence-electron chi connectivity index (χ0n) is 16.2. The van der Waals surface area contributed by atoms with Gasteiger partial charge in [-0.25, -0.2) is 4.39 Å². The second-order valence-corrected chi connectivity index (χ2v) is 8.46. The van der Waals surface area contributed by atoms with Crippen LogP contribution in [0, 0.1) is 17.7 Å². The van der Waals surface area contributed by atoms with E-state index < -0.39 is 0 Å². The highest BCUT2D eigenvalue weighted by atomic mass is 32.1. The van der Waals surface area contributed by atoms with Crippen LogP contribution in [-0.4, -0.2) is 66.6 Å². The van der Waals surface area contributed by atoms with Gasteiger partial charge in [-0.05, 0) is 42.6 Å². The SMILES string of the molecule is C[C@H]1C[C@H](C)CN(C(=O)C[NH+]2CCN(C(=S)Nc3ccccc3F)CC2)C1. The van der Waals surface area contributed by atoms with Crippen LogP contribution in [0.2, 0.25) is 0 Å². The van der Waals surface area contributed by atoms with Crippen LogP contribution < -0.4 is 10.2 Å². The Hall–Kier alpha value is -1.73. The molecule has 0 radical (unpaired) electrons. The molecule has 0 saturated carbocycles. The first-order valence-corrected chi connectivity index (χ1v) is 10.2. The molecule has 1 aromatic carbocycles. The van der Waals surface area contributed by atoms with Crippen LogP contribution in [-0.2, 0) is 4.79 Å². The van der Waals surface area contributed by atoms with Crippen LogP contribution >= 0.6 is 12.2 Å². The third-order valence-electron chi connectivity index (χ3n) is 5.50. The minimum atomic E-state index is -0.306. The molecule has 148 valence electrons. The molecule has 2 heterocycles. The summed E-state index contributed by atoms with van der Waals surface area (Å²) < 4.78 is 13.8. The van der Waals surface area contributed by atoms with E-state index in [1.54, 1.807) is 18.2 Å². The maximum Gasteiger partial charge on any atom is 0.277 e. The van der Waals surface area contributed by atoms with Crippen LogP contribution in [0.15, 0.2) is 24.3 Å². The van der Waals surface area contributed by atoms with E-state index in [1.165, 1.54) is 17.4 Å².